The van der Waals surface area contributed by atoms with Crippen LogP contribution >= 0.6 is 0 Å². The van der Waals surface area contributed by atoms with Crippen LogP contribution in [0.2, 0.25) is 0 Å². The van der Waals surface area contributed by atoms with Gasteiger partial charge in [0.05, 0.1) is 6.10 Å². The summed E-state index contributed by atoms with van der Waals surface area (Å²) < 4.78 is 0. The number of aliphatic hydroxyl groups is 1. The second kappa shape index (κ2) is 5.18. The molecule has 1 heteroatoms. The Morgan fingerprint density at radius 3 is 2.69 bits per heavy atom. The van der Waals surface area contributed by atoms with Gasteiger partial charge in [0.25, 0.3) is 0 Å². The van der Waals surface area contributed by atoms with E-state index >= 15 is 0 Å². The highest BCUT2D eigenvalue weighted by Crippen LogP contribution is 2.12. The molecule has 13 heavy (non-hydrogen) atoms. The predicted octanol–water partition coefficient (Wildman–Crippen LogP) is 2.30. The van der Waals surface area contributed by atoms with Crippen LogP contribution in [0.4, 0.5) is 0 Å². The van der Waals surface area contributed by atoms with Gasteiger partial charge in [-0.05, 0) is 5.56 Å². The summed E-state index contributed by atoms with van der Waals surface area (Å²) in [7, 11) is 0. The first-order valence-corrected chi connectivity index (χ1v) is 4.17. The highest BCUT2D eigenvalue weighted by Gasteiger charge is 1.99. The molecule has 1 atom stereocenters. The number of hydrogen-bond donors (Lipinski definition) is 1. The van der Waals surface area contributed by atoms with Crippen molar-refractivity contribution < 1.29 is 5.11 Å². The van der Waals surface area contributed by atoms with Crippen LogP contribution < -0.4 is 0 Å². The highest BCUT2D eigenvalue weighted by atomic mass is 16.3. The van der Waals surface area contributed by atoms with Crippen molar-refractivity contribution in [2.24, 2.45) is 0 Å². The third kappa shape index (κ3) is 3.14. The molecule has 1 aromatic rings. The van der Waals surface area contributed by atoms with Crippen LogP contribution in [0.1, 0.15) is 18.1 Å². The van der Waals surface area contributed by atoms with E-state index in [1.54, 1.807) is 12.2 Å². The average Bonchev–Trinajstić information content (AvgIpc) is 2.19. The van der Waals surface area contributed by atoms with Crippen molar-refractivity contribution in [1.29, 1.82) is 0 Å². The summed E-state index contributed by atoms with van der Waals surface area (Å²) in [6.07, 6.45) is 8.58. The summed E-state index contributed by atoms with van der Waals surface area (Å²) in [6.45, 7) is 0. The van der Waals surface area contributed by atoms with Gasteiger partial charge < -0.3 is 5.11 Å². The summed E-state index contributed by atoms with van der Waals surface area (Å²) in [5.74, 6) is 2.48. The molecule has 0 aliphatic heterocycles. The molecule has 0 bridgehead atoms. The molecule has 0 saturated heterocycles. The van der Waals surface area contributed by atoms with E-state index in [1.165, 1.54) is 0 Å². The van der Waals surface area contributed by atoms with Crippen molar-refractivity contribution in [1.82, 2.24) is 0 Å². The Balaban J connectivity index is 2.60. The summed E-state index contributed by atoms with van der Waals surface area (Å²) in [5.41, 5.74) is 0.885. The molecule has 0 saturated carbocycles. The number of benzene rings is 1. The Hall–Kier alpha value is -1.52. The fourth-order valence-corrected chi connectivity index (χ4v) is 1.03. The Kier molecular flexibility index (Phi) is 3.81. The number of rotatable bonds is 3. The van der Waals surface area contributed by atoms with E-state index in [2.05, 4.69) is 5.92 Å². The number of terminal acetylenes is 1. The molecule has 0 amide bonds. The maximum atomic E-state index is 9.59. The molecule has 66 valence electrons. The molecule has 0 radical (unpaired) electrons. The first kappa shape index (κ1) is 9.57. The summed E-state index contributed by atoms with van der Waals surface area (Å²) in [5, 5.41) is 9.59. The predicted molar refractivity (Wildman–Crippen MR) is 54.0 cm³/mol. The van der Waals surface area contributed by atoms with Gasteiger partial charge in [-0.2, -0.15) is 0 Å². The first-order chi connectivity index (χ1) is 6.34. The average molecular weight is 172 g/mol. The van der Waals surface area contributed by atoms with Gasteiger partial charge in [0.2, 0.25) is 0 Å². The SMILES string of the molecule is C#CC/C=C/[C@H](O)c1ccccc1. The molecule has 0 aromatic heterocycles. The van der Waals surface area contributed by atoms with Gasteiger partial charge >= 0.3 is 0 Å². The first-order valence-electron chi connectivity index (χ1n) is 4.17. The fraction of sp³-hybridized carbons (Fsp3) is 0.167. The zero-order valence-electron chi connectivity index (χ0n) is 7.35. The molecule has 1 nitrogen and oxygen atoms in total. The largest absolute Gasteiger partial charge is 0.384 e. The zero-order valence-corrected chi connectivity index (χ0v) is 7.35. The van der Waals surface area contributed by atoms with Crippen LogP contribution in [0.3, 0.4) is 0 Å². The minimum absolute atomic E-state index is 0.547. The smallest absolute Gasteiger partial charge is 0.0972 e. The molecule has 0 aliphatic carbocycles. The van der Waals surface area contributed by atoms with Gasteiger partial charge in [0, 0.05) is 6.42 Å². The minimum atomic E-state index is -0.547. The molecule has 1 N–H and O–H groups in total. The Morgan fingerprint density at radius 1 is 1.38 bits per heavy atom. The number of hydrogen-bond acceptors (Lipinski definition) is 1. The number of allylic oxidation sites excluding steroid dienone is 1. The third-order valence-corrected chi connectivity index (χ3v) is 1.70. The molecule has 1 aromatic carbocycles. The van der Waals surface area contributed by atoms with Crippen LogP contribution in [0, 0.1) is 12.3 Å². The van der Waals surface area contributed by atoms with Gasteiger partial charge in [0.1, 0.15) is 0 Å². The molecule has 0 fully saturated rings. The monoisotopic (exact) mass is 172 g/mol. The molecule has 0 heterocycles. The van der Waals surface area contributed by atoms with E-state index in [-0.39, 0.29) is 0 Å². The maximum Gasteiger partial charge on any atom is 0.0972 e. The number of aliphatic hydroxyl groups excluding tert-OH is 1. The Bertz CT molecular complexity index is 306. The minimum Gasteiger partial charge on any atom is -0.384 e. The van der Waals surface area contributed by atoms with Gasteiger partial charge in [-0.25, -0.2) is 0 Å². The Morgan fingerprint density at radius 2 is 2.08 bits per heavy atom. The molecule has 1 rings (SSSR count). The van der Waals surface area contributed by atoms with Gasteiger partial charge in [-0.15, -0.1) is 12.3 Å². The van der Waals surface area contributed by atoms with Crippen LogP contribution in [0.5, 0.6) is 0 Å². The van der Waals surface area contributed by atoms with Crippen molar-refractivity contribution in [2.75, 3.05) is 0 Å². The topological polar surface area (TPSA) is 20.2 Å². The summed E-state index contributed by atoms with van der Waals surface area (Å²) in [4.78, 5) is 0. The van der Waals surface area contributed by atoms with Crippen molar-refractivity contribution in [3.63, 3.8) is 0 Å². The molecule has 0 spiro atoms. The fourth-order valence-electron chi connectivity index (χ4n) is 1.03. The van der Waals surface area contributed by atoms with Crippen LogP contribution in [0.15, 0.2) is 42.5 Å². The second-order valence-electron chi connectivity index (χ2n) is 2.69. The molecule has 0 unspecified atom stereocenters. The Labute approximate surface area is 78.7 Å². The third-order valence-electron chi connectivity index (χ3n) is 1.70. The van der Waals surface area contributed by atoms with Crippen LogP contribution in [-0.2, 0) is 0 Å². The van der Waals surface area contributed by atoms with Crippen LogP contribution in [0.25, 0.3) is 0 Å². The van der Waals surface area contributed by atoms with Gasteiger partial charge in [-0.3, -0.25) is 0 Å². The normalized spacial score (nSPS) is 12.6. The lowest BCUT2D eigenvalue weighted by molar-refractivity contribution is 0.228. The van der Waals surface area contributed by atoms with E-state index in [0.29, 0.717) is 6.42 Å². The van der Waals surface area contributed by atoms with E-state index < -0.39 is 6.10 Å². The van der Waals surface area contributed by atoms with Crippen molar-refractivity contribution in [3.8, 4) is 12.3 Å². The quantitative estimate of drug-likeness (QED) is 0.548. The molecule has 0 aliphatic rings. The van der Waals surface area contributed by atoms with Crippen LogP contribution in [-0.4, -0.2) is 5.11 Å². The summed E-state index contributed by atoms with van der Waals surface area (Å²) in [6, 6.07) is 9.47. The highest BCUT2D eigenvalue weighted by molar-refractivity contribution is 5.21. The van der Waals surface area contributed by atoms with Crippen molar-refractivity contribution in [3.05, 3.63) is 48.0 Å². The zero-order chi connectivity index (χ0) is 9.52. The van der Waals surface area contributed by atoms with Crippen molar-refractivity contribution in [2.45, 2.75) is 12.5 Å². The van der Waals surface area contributed by atoms with Gasteiger partial charge in [0.15, 0.2) is 0 Å². The lowest BCUT2D eigenvalue weighted by Crippen LogP contribution is -1.91. The second-order valence-corrected chi connectivity index (χ2v) is 2.69. The van der Waals surface area contributed by atoms with E-state index in [4.69, 9.17) is 6.42 Å². The molecular weight excluding hydrogens is 160 g/mol. The maximum absolute atomic E-state index is 9.59. The lowest BCUT2D eigenvalue weighted by atomic mass is 10.1. The summed E-state index contributed by atoms with van der Waals surface area (Å²) >= 11 is 0. The standard InChI is InChI=1S/C12H12O/c1-2-3-5-10-12(13)11-8-6-4-7-9-11/h1,4-10,12-13H,3H2/b10-5+/t12-/m0/s1. The van der Waals surface area contributed by atoms with Gasteiger partial charge in [-0.1, -0.05) is 42.5 Å². The lowest BCUT2D eigenvalue weighted by Gasteiger charge is -2.03. The molecular formula is C12H12O. The van der Waals surface area contributed by atoms with E-state index in [1.807, 2.05) is 30.3 Å². The van der Waals surface area contributed by atoms with E-state index in [9.17, 15) is 5.11 Å². The van der Waals surface area contributed by atoms with E-state index in [0.717, 1.165) is 5.56 Å². The van der Waals surface area contributed by atoms with Crippen molar-refractivity contribution >= 4 is 0 Å².